The molecule has 0 spiro atoms. The fraction of sp³-hybridized carbons (Fsp3) is 0.364. The number of aliphatic hydroxyl groups is 1. The summed E-state index contributed by atoms with van der Waals surface area (Å²) in [5.41, 5.74) is 6.08. The van der Waals surface area contributed by atoms with Crippen molar-refractivity contribution in [2.24, 2.45) is 5.73 Å². The van der Waals surface area contributed by atoms with E-state index in [-0.39, 0.29) is 19.6 Å². The number of nitrogens with two attached hydrogens (primary N) is 1. The van der Waals surface area contributed by atoms with Crippen LogP contribution in [0, 0.1) is 0 Å². The number of benzene rings is 1. The van der Waals surface area contributed by atoms with Gasteiger partial charge in [-0.2, -0.15) is 0 Å². The van der Waals surface area contributed by atoms with Gasteiger partial charge in [-0.25, -0.2) is 4.79 Å². The van der Waals surface area contributed by atoms with Crippen LogP contribution in [0.1, 0.15) is 12.0 Å². The molecule has 1 aromatic carbocycles. The van der Waals surface area contributed by atoms with E-state index in [9.17, 15) is 9.90 Å². The summed E-state index contributed by atoms with van der Waals surface area (Å²) >= 11 is 3.32. The molecule has 4 nitrogen and oxygen atoms in total. The third-order valence-electron chi connectivity index (χ3n) is 1.98. The van der Waals surface area contributed by atoms with Gasteiger partial charge in [0.25, 0.3) is 0 Å². The highest BCUT2D eigenvalue weighted by Crippen LogP contribution is 2.12. The lowest BCUT2D eigenvalue weighted by atomic mass is 10.2. The molecule has 0 radical (unpaired) electrons. The van der Waals surface area contributed by atoms with Crippen molar-refractivity contribution in [3.8, 4) is 0 Å². The Balaban J connectivity index is 2.42. The third-order valence-corrected chi connectivity index (χ3v) is 2.48. The second-order valence-electron chi connectivity index (χ2n) is 3.33. The molecule has 0 aliphatic carbocycles. The number of carbonyl (C=O) groups excluding carboxylic acids is 1. The lowest BCUT2D eigenvalue weighted by Gasteiger charge is -2.09. The molecule has 0 saturated carbocycles. The Morgan fingerprint density at radius 2 is 2.31 bits per heavy atom. The van der Waals surface area contributed by atoms with Crippen molar-refractivity contribution in [3.05, 3.63) is 34.3 Å². The van der Waals surface area contributed by atoms with E-state index in [1.54, 1.807) is 0 Å². The van der Waals surface area contributed by atoms with E-state index in [0.29, 0.717) is 0 Å². The number of halogens is 1. The Morgan fingerprint density at radius 3 is 2.94 bits per heavy atom. The topological polar surface area (TPSA) is 72.5 Å². The SMILES string of the molecule is NCC[C@H](O)C(=O)OCc1cccc(Br)c1. The minimum Gasteiger partial charge on any atom is -0.459 e. The molecule has 0 aromatic heterocycles. The Hall–Kier alpha value is -0.910. The van der Waals surface area contributed by atoms with Crippen LogP contribution in [0.15, 0.2) is 28.7 Å². The van der Waals surface area contributed by atoms with Gasteiger partial charge in [0.1, 0.15) is 6.61 Å². The molecule has 0 amide bonds. The molecule has 0 aliphatic heterocycles. The first-order valence-corrected chi connectivity index (χ1v) is 5.72. The summed E-state index contributed by atoms with van der Waals surface area (Å²) in [5, 5.41) is 9.29. The molecule has 0 heterocycles. The van der Waals surface area contributed by atoms with Gasteiger partial charge in [-0.15, -0.1) is 0 Å². The van der Waals surface area contributed by atoms with Crippen LogP contribution in [0.2, 0.25) is 0 Å². The number of esters is 1. The monoisotopic (exact) mass is 287 g/mol. The molecular formula is C11H14BrNO3. The van der Waals surface area contributed by atoms with Crippen molar-refractivity contribution in [2.75, 3.05) is 6.54 Å². The van der Waals surface area contributed by atoms with Gasteiger partial charge in [-0.3, -0.25) is 0 Å². The summed E-state index contributed by atoms with van der Waals surface area (Å²) < 4.78 is 5.85. The Labute approximate surface area is 103 Å². The second-order valence-corrected chi connectivity index (χ2v) is 4.25. The summed E-state index contributed by atoms with van der Waals surface area (Å²) in [4.78, 5) is 11.3. The van der Waals surface area contributed by atoms with E-state index in [1.165, 1.54) is 0 Å². The minimum atomic E-state index is -1.13. The zero-order valence-corrected chi connectivity index (χ0v) is 10.3. The van der Waals surface area contributed by atoms with Crippen molar-refractivity contribution < 1.29 is 14.6 Å². The highest BCUT2D eigenvalue weighted by atomic mass is 79.9. The molecule has 5 heteroatoms. The van der Waals surface area contributed by atoms with Crippen molar-refractivity contribution in [2.45, 2.75) is 19.1 Å². The zero-order chi connectivity index (χ0) is 12.0. The number of carbonyl (C=O) groups is 1. The van der Waals surface area contributed by atoms with Gasteiger partial charge in [-0.05, 0) is 30.7 Å². The summed E-state index contributed by atoms with van der Waals surface area (Å²) in [6.07, 6.45) is -0.908. The molecule has 1 aromatic rings. The molecule has 1 atom stereocenters. The smallest absolute Gasteiger partial charge is 0.335 e. The number of hydrogen-bond donors (Lipinski definition) is 2. The van der Waals surface area contributed by atoms with Gasteiger partial charge in [0, 0.05) is 4.47 Å². The Morgan fingerprint density at radius 1 is 1.56 bits per heavy atom. The molecule has 3 N–H and O–H groups in total. The average Bonchev–Trinajstić information content (AvgIpc) is 2.26. The predicted octanol–water partition coefficient (Wildman–Crippen LogP) is 1.20. The number of rotatable bonds is 5. The van der Waals surface area contributed by atoms with E-state index in [2.05, 4.69) is 15.9 Å². The van der Waals surface area contributed by atoms with Gasteiger partial charge in [0.2, 0.25) is 0 Å². The van der Waals surface area contributed by atoms with Crippen molar-refractivity contribution in [3.63, 3.8) is 0 Å². The lowest BCUT2D eigenvalue weighted by molar-refractivity contribution is -0.155. The number of ether oxygens (including phenoxy) is 1. The van der Waals surface area contributed by atoms with Gasteiger partial charge < -0.3 is 15.6 Å². The molecule has 0 saturated heterocycles. The minimum absolute atomic E-state index is 0.153. The van der Waals surface area contributed by atoms with Gasteiger partial charge in [0.15, 0.2) is 6.10 Å². The normalized spacial score (nSPS) is 12.2. The van der Waals surface area contributed by atoms with Crippen LogP contribution < -0.4 is 5.73 Å². The van der Waals surface area contributed by atoms with Crippen LogP contribution in [-0.2, 0) is 16.1 Å². The van der Waals surface area contributed by atoms with Crippen molar-refractivity contribution in [1.82, 2.24) is 0 Å². The number of hydrogen-bond acceptors (Lipinski definition) is 4. The van der Waals surface area contributed by atoms with Crippen LogP contribution >= 0.6 is 15.9 Å². The average molecular weight is 288 g/mol. The molecular weight excluding hydrogens is 274 g/mol. The van der Waals surface area contributed by atoms with Crippen molar-refractivity contribution >= 4 is 21.9 Å². The van der Waals surface area contributed by atoms with Crippen LogP contribution in [0.3, 0.4) is 0 Å². The fourth-order valence-electron chi connectivity index (χ4n) is 1.15. The van der Waals surface area contributed by atoms with E-state index < -0.39 is 12.1 Å². The summed E-state index contributed by atoms with van der Waals surface area (Å²) in [6.45, 7) is 0.410. The number of aliphatic hydroxyl groups excluding tert-OH is 1. The first kappa shape index (κ1) is 13.2. The molecule has 16 heavy (non-hydrogen) atoms. The van der Waals surface area contributed by atoms with Gasteiger partial charge in [-0.1, -0.05) is 28.1 Å². The van der Waals surface area contributed by atoms with Crippen LogP contribution in [0.4, 0.5) is 0 Å². The first-order valence-electron chi connectivity index (χ1n) is 4.92. The van der Waals surface area contributed by atoms with Crippen molar-refractivity contribution in [1.29, 1.82) is 0 Å². The van der Waals surface area contributed by atoms with E-state index in [1.807, 2.05) is 24.3 Å². The Bertz CT molecular complexity index is 357. The Kier molecular flexibility index (Phi) is 5.45. The van der Waals surface area contributed by atoms with Gasteiger partial charge >= 0.3 is 5.97 Å². The highest BCUT2D eigenvalue weighted by molar-refractivity contribution is 9.10. The molecule has 0 fully saturated rings. The maximum absolute atomic E-state index is 11.3. The van der Waals surface area contributed by atoms with E-state index >= 15 is 0 Å². The van der Waals surface area contributed by atoms with E-state index in [0.717, 1.165) is 10.0 Å². The molecule has 0 unspecified atom stereocenters. The van der Waals surface area contributed by atoms with Crippen LogP contribution in [0.5, 0.6) is 0 Å². The zero-order valence-electron chi connectivity index (χ0n) is 8.73. The molecule has 0 bridgehead atoms. The quantitative estimate of drug-likeness (QED) is 0.799. The summed E-state index contributed by atoms with van der Waals surface area (Å²) in [5.74, 6) is -0.634. The first-order chi connectivity index (χ1) is 7.63. The second kappa shape index (κ2) is 6.62. The standard InChI is InChI=1S/C11H14BrNO3/c12-9-3-1-2-8(6-9)7-16-11(15)10(14)4-5-13/h1-3,6,10,14H,4-5,7,13H2/t10-/m0/s1. The van der Waals surface area contributed by atoms with E-state index in [4.69, 9.17) is 10.5 Å². The molecule has 88 valence electrons. The lowest BCUT2D eigenvalue weighted by Crippen LogP contribution is -2.25. The molecule has 0 aliphatic rings. The fourth-order valence-corrected chi connectivity index (χ4v) is 1.60. The highest BCUT2D eigenvalue weighted by Gasteiger charge is 2.15. The summed E-state index contributed by atoms with van der Waals surface area (Å²) in [6, 6.07) is 7.42. The maximum Gasteiger partial charge on any atom is 0.335 e. The predicted molar refractivity (Wildman–Crippen MR) is 63.6 cm³/mol. The molecule has 1 rings (SSSR count). The largest absolute Gasteiger partial charge is 0.459 e. The summed E-state index contributed by atoms with van der Waals surface area (Å²) in [7, 11) is 0. The van der Waals surface area contributed by atoms with Gasteiger partial charge in [0.05, 0.1) is 0 Å². The van der Waals surface area contributed by atoms with Crippen LogP contribution in [-0.4, -0.2) is 23.7 Å². The third kappa shape index (κ3) is 4.30. The van der Waals surface area contributed by atoms with Crippen LogP contribution in [0.25, 0.3) is 0 Å². The maximum atomic E-state index is 11.3.